The maximum atomic E-state index is 11.9. The molecule has 5 nitrogen and oxygen atoms in total. The second-order valence-corrected chi connectivity index (χ2v) is 7.10. The van der Waals surface area contributed by atoms with E-state index >= 15 is 0 Å². The normalized spacial score (nSPS) is 23.9. The fraction of sp³-hybridized carbons (Fsp3) is 0.846. The number of nitrogens with one attached hydrogen (secondary N) is 2. The van der Waals surface area contributed by atoms with E-state index in [-0.39, 0.29) is 16.7 Å². The van der Waals surface area contributed by atoms with Crippen LogP contribution < -0.4 is 10.6 Å². The van der Waals surface area contributed by atoms with Crippen molar-refractivity contribution >= 4 is 23.8 Å². The molecule has 2 fully saturated rings. The lowest BCUT2D eigenvalue weighted by atomic mass is 9.84. The Balaban J connectivity index is 1.84. The molecule has 0 radical (unpaired) electrons. The van der Waals surface area contributed by atoms with Crippen LogP contribution in [0.25, 0.3) is 0 Å². The molecule has 2 aliphatic carbocycles. The summed E-state index contributed by atoms with van der Waals surface area (Å²) in [5.74, 6) is -0.887. The molecule has 1 atom stereocenters. The molecule has 0 aliphatic heterocycles. The van der Waals surface area contributed by atoms with Crippen LogP contribution in [0.3, 0.4) is 0 Å². The lowest BCUT2D eigenvalue weighted by Gasteiger charge is -2.40. The van der Waals surface area contributed by atoms with Crippen LogP contribution in [-0.2, 0) is 4.79 Å². The van der Waals surface area contributed by atoms with Crippen LogP contribution in [0.4, 0.5) is 4.79 Å². The maximum absolute atomic E-state index is 11.9. The number of amides is 2. The number of carboxylic acids is 1. The number of carbonyl (C=O) groups excluding carboxylic acids is 1. The number of urea groups is 1. The molecule has 2 saturated carbocycles. The van der Waals surface area contributed by atoms with Crippen molar-refractivity contribution in [1.82, 2.24) is 10.6 Å². The summed E-state index contributed by atoms with van der Waals surface area (Å²) in [5, 5.41) is 14.8. The third kappa shape index (κ3) is 2.99. The topological polar surface area (TPSA) is 78.4 Å². The first-order valence-electron chi connectivity index (χ1n) is 6.76. The van der Waals surface area contributed by atoms with Gasteiger partial charge in [0, 0.05) is 11.3 Å². The maximum Gasteiger partial charge on any atom is 0.329 e. The van der Waals surface area contributed by atoms with Gasteiger partial charge in [0.25, 0.3) is 0 Å². The minimum absolute atomic E-state index is 0.0639. The summed E-state index contributed by atoms with van der Waals surface area (Å²) in [4.78, 5) is 23.2. The minimum atomic E-state index is -1.13. The van der Waals surface area contributed by atoms with Crippen molar-refractivity contribution in [3.8, 4) is 0 Å². The van der Waals surface area contributed by atoms with Gasteiger partial charge in [-0.3, -0.25) is 0 Å². The molecule has 1 unspecified atom stereocenters. The molecule has 0 heterocycles. The van der Waals surface area contributed by atoms with Gasteiger partial charge in [0.2, 0.25) is 0 Å². The van der Waals surface area contributed by atoms with E-state index < -0.39 is 11.5 Å². The Labute approximate surface area is 117 Å². The van der Waals surface area contributed by atoms with Crippen LogP contribution in [0, 0.1) is 5.92 Å². The Bertz CT molecular complexity index is 375. The van der Waals surface area contributed by atoms with Crippen LogP contribution in [0.1, 0.15) is 39.0 Å². The lowest BCUT2D eigenvalue weighted by Crippen LogP contribution is -2.58. The van der Waals surface area contributed by atoms with Crippen molar-refractivity contribution in [3.05, 3.63) is 0 Å². The van der Waals surface area contributed by atoms with Gasteiger partial charge in [-0.1, -0.05) is 6.42 Å². The molecule has 0 aromatic rings. The molecule has 2 amide bonds. The Morgan fingerprint density at radius 2 is 2.05 bits per heavy atom. The highest BCUT2D eigenvalue weighted by Gasteiger charge is 2.48. The Morgan fingerprint density at radius 3 is 2.42 bits per heavy atom. The molecular formula is C13H22N2O3S. The summed E-state index contributed by atoms with van der Waals surface area (Å²) in [6.45, 7) is 2.21. The fourth-order valence-electron chi connectivity index (χ4n) is 2.54. The highest BCUT2D eigenvalue weighted by molar-refractivity contribution is 8.00. The van der Waals surface area contributed by atoms with Gasteiger partial charge in [-0.15, -0.1) is 0 Å². The van der Waals surface area contributed by atoms with E-state index in [2.05, 4.69) is 16.9 Å². The van der Waals surface area contributed by atoms with Gasteiger partial charge < -0.3 is 15.7 Å². The Kier molecular flexibility index (Phi) is 3.99. The van der Waals surface area contributed by atoms with Gasteiger partial charge in [0.1, 0.15) is 5.54 Å². The summed E-state index contributed by atoms with van der Waals surface area (Å²) in [6.07, 6.45) is 7.25. The summed E-state index contributed by atoms with van der Waals surface area (Å²) in [6, 6.07) is -0.364. The van der Waals surface area contributed by atoms with Crippen molar-refractivity contribution in [2.75, 3.05) is 12.8 Å². The SMILES string of the molecule is CSC1(CNC(=O)NC(C)(C(=O)O)C2CC2)CCC1. The van der Waals surface area contributed by atoms with E-state index in [1.165, 1.54) is 6.42 Å². The van der Waals surface area contributed by atoms with Crippen LogP contribution in [0.15, 0.2) is 0 Å². The Morgan fingerprint density at radius 1 is 1.42 bits per heavy atom. The largest absolute Gasteiger partial charge is 0.480 e. The molecule has 19 heavy (non-hydrogen) atoms. The van der Waals surface area contributed by atoms with Crippen LogP contribution >= 0.6 is 11.8 Å². The zero-order valence-corrected chi connectivity index (χ0v) is 12.3. The van der Waals surface area contributed by atoms with Gasteiger partial charge in [0.05, 0.1) is 0 Å². The van der Waals surface area contributed by atoms with Crippen molar-refractivity contribution in [2.45, 2.75) is 49.3 Å². The molecule has 0 aromatic carbocycles. The first-order chi connectivity index (χ1) is 8.92. The molecule has 0 saturated heterocycles. The van der Waals surface area contributed by atoms with Crippen LogP contribution in [0.2, 0.25) is 0 Å². The number of carbonyl (C=O) groups is 2. The Hall–Kier alpha value is -0.910. The quantitative estimate of drug-likeness (QED) is 0.696. The highest BCUT2D eigenvalue weighted by Crippen LogP contribution is 2.42. The van der Waals surface area contributed by atoms with Crippen LogP contribution in [-0.4, -0.2) is 40.2 Å². The third-order valence-corrected chi connectivity index (χ3v) is 5.90. The monoisotopic (exact) mass is 286 g/mol. The molecule has 0 bridgehead atoms. The van der Waals surface area contributed by atoms with Crippen molar-refractivity contribution in [2.24, 2.45) is 5.92 Å². The number of rotatable bonds is 6. The molecule has 3 N–H and O–H groups in total. The molecule has 0 aromatic heterocycles. The molecular weight excluding hydrogens is 264 g/mol. The van der Waals surface area contributed by atoms with Gasteiger partial charge in [-0.05, 0) is 44.8 Å². The zero-order chi connectivity index (χ0) is 14.1. The standard InChI is InChI=1S/C13H22N2O3S/c1-12(10(16)17,9-4-5-9)15-11(18)14-8-13(19-2)6-3-7-13/h9H,3-8H2,1-2H3,(H,16,17)(H2,14,15,18). The predicted octanol–water partition coefficient (Wildman–Crippen LogP) is 1.82. The average molecular weight is 286 g/mol. The fourth-order valence-corrected chi connectivity index (χ4v) is 3.45. The average Bonchev–Trinajstić information content (AvgIpc) is 3.11. The van der Waals surface area contributed by atoms with Crippen molar-refractivity contribution in [1.29, 1.82) is 0 Å². The minimum Gasteiger partial charge on any atom is -0.480 e. The van der Waals surface area contributed by atoms with E-state index in [9.17, 15) is 14.7 Å². The smallest absolute Gasteiger partial charge is 0.329 e. The summed E-state index contributed by atoms with van der Waals surface area (Å²) >= 11 is 1.79. The zero-order valence-electron chi connectivity index (χ0n) is 11.5. The van der Waals surface area contributed by atoms with E-state index in [1.54, 1.807) is 18.7 Å². The predicted molar refractivity (Wildman–Crippen MR) is 75.4 cm³/mol. The van der Waals surface area contributed by atoms with Crippen molar-refractivity contribution < 1.29 is 14.7 Å². The second-order valence-electron chi connectivity index (χ2n) is 5.83. The van der Waals surface area contributed by atoms with Crippen molar-refractivity contribution in [3.63, 3.8) is 0 Å². The van der Waals surface area contributed by atoms with Gasteiger partial charge in [-0.2, -0.15) is 11.8 Å². The highest BCUT2D eigenvalue weighted by atomic mass is 32.2. The van der Waals surface area contributed by atoms with Gasteiger partial charge in [-0.25, -0.2) is 9.59 Å². The molecule has 2 aliphatic rings. The first kappa shape index (κ1) is 14.5. The van der Waals surface area contributed by atoms with Crippen LogP contribution in [0.5, 0.6) is 0 Å². The number of hydrogen-bond acceptors (Lipinski definition) is 3. The number of hydrogen-bond donors (Lipinski definition) is 3. The third-order valence-electron chi connectivity index (χ3n) is 4.48. The summed E-state index contributed by atoms with van der Waals surface area (Å²) < 4.78 is 0.163. The molecule has 2 rings (SSSR count). The summed E-state index contributed by atoms with van der Waals surface area (Å²) in [5.41, 5.74) is -1.13. The molecule has 0 spiro atoms. The first-order valence-corrected chi connectivity index (χ1v) is 7.99. The molecule has 108 valence electrons. The van der Waals surface area contributed by atoms with E-state index in [1.807, 2.05) is 0 Å². The number of thioether (sulfide) groups is 1. The van der Waals surface area contributed by atoms with E-state index in [0.717, 1.165) is 25.7 Å². The van der Waals surface area contributed by atoms with Gasteiger partial charge >= 0.3 is 12.0 Å². The summed E-state index contributed by atoms with van der Waals surface area (Å²) in [7, 11) is 0. The molecule has 6 heteroatoms. The van der Waals surface area contributed by atoms with Gasteiger partial charge in [0.15, 0.2) is 0 Å². The van der Waals surface area contributed by atoms with E-state index in [4.69, 9.17) is 0 Å². The van der Waals surface area contributed by atoms with E-state index in [0.29, 0.717) is 6.54 Å². The second kappa shape index (κ2) is 5.23. The number of aliphatic carboxylic acids is 1. The lowest BCUT2D eigenvalue weighted by molar-refractivity contribution is -0.144. The number of carboxylic acid groups (broad SMARTS) is 1.